The second-order valence-corrected chi connectivity index (χ2v) is 6.05. The normalized spacial score (nSPS) is 13.6. The van der Waals surface area contributed by atoms with Gasteiger partial charge in [0.15, 0.2) is 0 Å². The molecule has 1 rings (SSSR count). The number of hydrogen-bond donors (Lipinski definition) is 0. The van der Waals surface area contributed by atoms with Gasteiger partial charge in [0, 0.05) is 22.3 Å². The van der Waals surface area contributed by atoms with Crippen LogP contribution in [0.4, 0.5) is 0 Å². The molecule has 0 aliphatic carbocycles. The Morgan fingerprint density at radius 3 is 2.69 bits per heavy atom. The van der Waals surface area contributed by atoms with Gasteiger partial charge in [-0.15, -0.1) is 11.3 Å². The summed E-state index contributed by atoms with van der Waals surface area (Å²) >= 11 is 5.45. The largest absolute Gasteiger partial charge is 0.247 e. The van der Waals surface area contributed by atoms with Crippen molar-refractivity contribution >= 4 is 27.3 Å². The lowest BCUT2D eigenvalue weighted by atomic mass is 10.1. The number of nitrogens with zero attached hydrogens (tertiary/aromatic N) is 1. The minimum atomic E-state index is 0.582. The summed E-state index contributed by atoms with van der Waals surface area (Å²) in [6.07, 6.45) is 2.29. The van der Waals surface area contributed by atoms with Gasteiger partial charge in [0.25, 0.3) is 0 Å². The van der Waals surface area contributed by atoms with E-state index in [1.807, 2.05) is 6.92 Å². The van der Waals surface area contributed by atoms with E-state index in [1.54, 1.807) is 11.3 Å². The molecule has 0 spiro atoms. The quantitative estimate of drug-likeness (QED) is 0.752. The summed E-state index contributed by atoms with van der Waals surface area (Å²) in [5.41, 5.74) is 1.14. The van der Waals surface area contributed by atoms with Crippen LogP contribution < -0.4 is 0 Å². The van der Waals surface area contributed by atoms with E-state index < -0.39 is 0 Å². The van der Waals surface area contributed by atoms with E-state index in [0.717, 1.165) is 18.0 Å². The van der Waals surface area contributed by atoms with Gasteiger partial charge in [-0.2, -0.15) is 0 Å². The number of aryl methyl sites for hydroxylation is 1. The van der Waals surface area contributed by atoms with Crippen LogP contribution in [0, 0.1) is 12.8 Å². The Morgan fingerprint density at radius 2 is 2.23 bits per heavy atom. The number of hydrogen-bond acceptors (Lipinski definition) is 2. The molecule has 0 saturated heterocycles. The monoisotopic (exact) mass is 261 g/mol. The lowest BCUT2D eigenvalue weighted by molar-refractivity contribution is 0.570. The molecule has 1 aromatic rings. The first-order valence-electron chi connectivity index (χ1n) is 4.63. The third-order valence-electron chi connectivity index (χ3n) is 1.79. The fourth-order valence-electron chi connectivity index (χ4n) is 1.28. The third kappa shape index (κ3) is 4.23. The summed E-state index contributed by atoms with van der Waals surface area (Å²) < 4.78 is 0. The van der Waals surface area contributed by atoms with Crippen molar-refractivity contribution in [2.75, 3.05) is 0 Å². The van der Waals surface area contributed by atoms with Crippen molar-refractivity contribution in [3.63, 3.8) is 0 Å². The van der Waals surface area contributed by atoms with Gasteiger partial charge in [0.2, 0.25) is 0 Å². The van der Waals surface area contributed by atoms with Crippen molar-refractivity contribution < 1.29 is 0 Å². The first-order chi connectivity index (χ1) is 6.08. The fourth-order valence-corrected chi connectivity index (χ4v) is 3.40. The molecule has 0 aliphatic rings. The van der Waals surface area contributed by atoms with Crippen LogP contribution in [0.2, 0.25) is 0 Å². The van der Waals surface area contributed by atoms with Gasteiger partial charge in [-0.25, -0.2) is 4.98 Å². The molecule has 1 nitrogen and oxygen atoms in total. The van der Waals surface area contributed by atoms with Gasteiger partial charge < -0.3 is 0 Å². The number of rotatable bonds is 4. The Morgan fingerprint density at radius 1 is 1.54 bits per heavy atom. The second kappa shape index (κ2) is 5.11. The zero-order valence-electron chi connectivity index (χ0n) is 8.38. The van der Waals surface area contributed by atoms with E-state index >= 15 is 0 Å². The second-order valence-electron chi connectivity index (χ2n) is 3.81. The maximum Gasteiger partial charge on any atom is 0.0939 e. The zero-order chi connectivity index (χ0) is 9.84. The van der Waals surface area contributed by atoms with Gasteiger partial charge in [-0.3, -0.25) is 0 Å². The first kappa shape index (κ1) is 11.2. The molecule has 0 bridgehead atoms. The SMILES string of the molecule is Cc1csc(CC(Br)CC(C)C)n1. The summed E-state index contributed by atoms with van der Waals surface area (Å²) in [5.74, 6) is 0.755. The van der Waals surface area contributed by atoms with Crippen molar-refractivity contribution in [2.45, 2.75) is 38.4 Å². The molecule has 3 heteroatoms. The fraction of sp³-hybridized carbons (Fsp3) is 0.700. The molecule has 0 fully saturated rings. The Labute approximate surface area is 92.7 Å². The first-order valence-corrected chi connectivity index (χ1v) is 6.42. The van der Waals surface area contributed by atoms with Crippen LogP contribution in [0.15, 0.2) is 5.38 Å². The predicted octanol–water partition coefficient (Wildman–Crippen LogP) is 3.80. The molecule has 1 unspecified atom stereocenters. The van der Waals surface area contributed by atoms with Crippen LogP contribution in [-0.2, 0) is 6.42 Å². The number of alkyl halides is 1. The topological polar surface area (TPSA) is 12.9 Å². The van der Waals surface area contributed by atoms with Crippen molar-refractivity contribution in [3.8, 4) is 0 Å². The van der Waals surface area contributed by atoms with E-state index in [1.165, 1.54) is 11.4 Å². The minimum absolute atomic E-state index is 0.582. The highest BCUT2D eigenvalue weighted by atomic mass is 79.9. The van der Waals surface area contributed by atoms with Crippen LogP contribution in [0.5, 0.6) is 0 Å². The molecule has 0 radical (unpaired) electrons. The summed E-state index contributed by atoms with van der Waals surface area (Å²) in [4.78, 5) is 5.03. The molecule has 74 valence electrons. The van der Waals surface area contributed by atoms with Crippen molar-refractivity contribution in [1.82, 2.24) is 4.98 Å². The van der Waals surface area contributed by atoms with Gasteiger partial charge in [-0.1, -0.05) is 29.8 Å². The van der Waals surface area contributed by atoms with E-state index in [9.17, 15) is 0 Å². The van der Waals surface area contributed by atoms with Gasteiger partial charge in [-0.05, 0) is 19.3 Å². The molecule has 1 heterocycles. The Bertz CT molecular complexity index is 257. The Kier molecular flexibility index (Phi) is 4.39. The molecular weight excluding hydrogens is 246 g/mol. The number of aromatic nitrogens is 1. The van der Waals surface area contributed by atoms with Gasteiger partial charge in [0.1, 0.15) is 0 Å². The summed E-state index contributed by atoms with van der Waals surface area (Å²) in [5, 5.41) is 3.37. The van der Waals surface area contributed by atoms with E-state index in [2.05, 4.69) is 40.1 Å². The van der Waals surface area contributed by atoms with Crippen molar-refractivity contribution in [2.24, 2.45) is 5.92 Å². The van der Waals surface area contributed by atoms with Gasteiger partial charge >= 0.3 is 0 Å². The van der Waals surface area contributed by atoms with E-state index in [0.29, 0.717) is 4.83 Å². The molecule has 1 aromatic heterocycles. The highest BCUT2D eigenvalue weighted by Gasteiger charge is 2.09. The van der Waals surface area contributed by atoms with Crippen LogP contribution >= 0.6 is 27.3 Å². The van der Waals surface area contributed by atoms with Crippen LogP contribution in [0.3, 0.4) is 0 Å². The Balaban J connectivity index is 2.40. The van der Waals surface area contributed by atoms with E-state index in [-0.39, 0.29) is 0 Å². The molecule has 0 amide bonds. The molecular formula is C10H16BrNS. The standard InChI is InChI=1S/C10H16BrNS/c1-7(2)4-9(11)5-10-12-8(3)6-13-10/h6-7,9H,4-5H2,1-3H3. The van der Waals surface area contributed by atoms with Crippen molar-refractivity contribution in [3.05, 3.63) is 16.1 Å². The lowest BCUT2D eigenvalue weighted by Gasteiger charge is -2.09. The minimum Gasteiger partial charge on any atom is -0.247 e. The molecule has 0 saturated carbocycles. The van der Waals surface area contributed by atoms with E-state index in [4.69, 9.17) is 0 Å². The van der Waals surface area contributed by atoms with Gasteiger partial charge in [0.05, 0.1) is 5.01 Å². The van der Waals surface area contributed by atoms with Crippen LogP contribution in [0.25, 0.3) is 0 Å². The summed E-state index contributed by atoms with van der Waals surface area (Å²) in [7, 11) is 0. The third-order valence-corrected chi connectivity index (χ3v) is 3.48. The molecule has 13 heavy (non-hydrogen) atoms. The molecule has 1 atom stereocenters. The maximum absolute atomic E-state index is 4.45. The molecule has 0 aromatic carbocycles. The summed E-state index contributed by atoms with van der Waals surface area (Å²) in [6, 6.07) is 0. The number of halogens is 1. The van der Waals surface area contributed by atoms with Crippen molar-refractivity contribution in [1.29, 1.82) is 0 Å². The molecule has 0 aliphatic heterocycles. The van der Waals surface area contributed by atoms with Crippen LogP contribution in [-0.4, -0.2) is 9.81 Å². The average Bonchev–Trinajstić information content (AvgIpc) is 2.33. The van der Waals surface area contributed by atoms with Crippen LogP contribution in [0.1, 0.15) is 31.0 Å². The summed E-state index contributed by atoms with van der Waals surface area (Å²) in [6.45, 7) is 6.55. The highest BCUT2D eigenvalue weighted by Crippen LogP contribution is 2.19. The lowest BCUT2D eigenvalue weighted by Crippen LogP contribution is -2.06. The highest BCUT2D eigenvalue weighted by molar-refractivity contribution is 9.09. The zero-order valence-corrected chi connectivity index (χ0v) is 10.8. The smallest absolute Gasteiger partial charge is 0.0939 e. The number of thiazole rings is 1. The molecule has 0 N–H and O–H groups in total. The average molecular weight is 262 g/mol. The maximum atomic E-state index is 4.45. The Hall–Kier alpha value is 0.110. The predicted molar refractivity (Wildman–Crippen MR) is 62.7 cm³/mol.